The largest absolute Gasteiger partial charge is 0.393 e. The first-order chi connectivity index (χ1) is 8.02. The van der Waals surface area contributed by atoms with Crippen molar-refractivity contribution < 1.29 is 5.11 Å². The quantitative estimate of drug-likeness (QED) is 0.490. The standard InChI is InChI=1S/C9H13N5O2S/c10-5-1-4(15)2-8(12-5)17-9-13-6(11)3-7(16)14-9/h3-5,15H,1-2,10H2,(H3,11,13,14,16)/t4-,5-/m0/s1. The lowest BCUT2D eigenvalue weighted by molar-refractivity contribution is 0.159. The molecule has 92 valence electrons. The van der Waals surface area contributed by atoms with Gasteiger partial charge in [0.15, 0.2) is 5.16 Å². The number of hydrogen-bond acceptors (Lipinski definition) is 7. The second kappa shape index (κ2) is 4.86. The van der Waals surface area contributed by atoms with Gasteiger partial charge in [-0.1, -0.05) is 0 Å². The second-order valence-electron chi connectivity index (χ2n) is 3.76. The van der Waals surface area contributed by atoms with Crippen molar-refractivity contribution in [3.63, 3.8) is 0 Å². The topological polar surface area (TPSA) is 130 Å². The summed E-state index contributed by atoms with van der Waals surface area (Å²) in [5, 5.41) is 10.5. The zero-order valence-electron chi connectivity index (χ0n) is 8.96. The summed E-state index contributed by atoms with van der Waals surface area (Å²) in [5.74, 6) is 0.150. The highest BCUT2D eigenvalue weighted by Crippen LogP contribution is 2.23. The van der Waals surface area contributed by atoms with Crippen molar-refractivity contribution in [2.24, 2.45) is 10.7 Å². The number of aliphatic hydroxyl groups is 1. The molecular weight excluding hydrogens is 242 g/mol. The number of nitrogens with zero attached hydrogens (tertiary/aromatic N) is 2. The lowest BCUT2D eigenvalue weighted by atomic mass is 10.1. The Kier molecular flexibility index (Phi) is 3.46. The van der Waals surface area contributed by atoms with Crippen LogP contribution in [0, 0.1) is 0 Å². The SMILES string of the molecule is Nc1cc(=O)[nH]c(SC2=N[C@H](N)C[C@H](O)C2)n1. The minimum Gasteiger partial charge on any atom is -0.393 e. The first kappa shape index (κ1) is 12.1. The van der Waals surface area contributed by atoms with E-state index < -0.39 is 12.3 Å². The van der Waals surface area contributed by atoms with Gasteiger partial charge in [0, 0.05) is 18.9 Å². The van der Waals surface area contributed by atoms with Crippen LogP contribution in [0.1, 0.15) is 12.8 Å². The molecule has 2 heterocycles. The first-order valence-corrected chi connectivity index (χ1v) is 5.89. The number of aliphatic imine (C=N–C) groups is 1. The number of rotatable bonds is 1. The molecule has 0 fully saturated rings. The van der Waals surface area contributed by atoms with E-state index in [1.807, 2.05) is 0 Å². The molecule has 1 aromatic rings. The Balaban J connectivity index is 2.18. The molecule has 0 aromatic carbocycles. The minimum absolute atomic E-state index is 0.150. The van der Waals surface area contributed by atoms with Gasteiger partial charge in [-0.25, -0.2) is 4.98 Å². The second-order valence-corrected chi connectivity index (χ2v) is 4.82. The van der Waals surface area contributed by atoms with E-state index in [-0.39, 0.29) is 11.4 Å². The molecule has 0 spiro atoms. The van der Waals surface area contributed by atoms with Gasteiger partial charge < -0.3 is 21.6 Å². The number of anilines is 1. The molecule has 1 aliphatic heterocycles. The zero-order chi connectivity index (χ0) is 12.4. The van der Waals surface area contributed by atoms with Gasteiger partial charge >= 0.3 is 0 Å². The third-order valence-corrected chi connectivity index (χ3v) is 3.08. The van der Waals surface area contributed by atoms with Crippen LogP contribution in [0.2, 0.25) is 0 Å². The van der Waals surface area contributed by atoms with Crippen LogP contribution in [-0.2, 0) is 0 Å². The average Bonchev–Trinajstić information content (AvgIpc) is 2.13. The Morgan fingerprint density at radius 1 is 1.59 bits per heavy atom. The average molecular weight is 255 g/mol. The van der Waals surface area contributed by atoms with E-state index in [2.05, 4.69) is 15.0 Å². The van der Waals surface area contributed by atoms with Gasteiger partial charge in [-0.2, -0.15) is 0 Å². The Labute approximate surface area is 101 Å². The van der Waals surface area contributed by atoms with E-state index in [1.165, 1.54) is 6.07 Å². The van der Waals surface area contributed by atoms with Crippen LogP contribution in [0.3, 0.4) is 0 Å². The van der Waals surface area contributed by atoms with Crippen LogP contribution in [0.15, 0.2) is 21.0 Å². The van der Waals surface area contributed by atoms with Gasteiger partial charge in [0.1, 0.15) is 12.0 Å². The summed E-state index contributed by atoms with van der Waals surface area (Å²) in [7, 11) is 0. The molecule has 17 heavy (non-hydrogen) atoms. The van der Waals surface area contributed by atoms with Gasteiger partial charge in [-0.05, 0) is 11.8 Å². The molecule has 0 saturated heterocycles. The van der Waals surface area contributed by atoms with E-state index in [9.17, 15) is 9.90 Å². The third-order valence-electron chi connectivity index (χ3n) is 2.19. The maximum Gasteiger partial charge on any atom is 0.253 e. The molecule has 7 nitrogen and oxygen atoms in total. The van der Waals surface area contributed by atoms with Crippen molar-refractivity contribution in [2.75, 3.05) is 5.73 Å². The van der Waals surface area contributed by atoms with Crippen molar-refractivity contribution in [3.05, 3.63) is 16.4 Å². The normalized spacial score (nSPS) is 24.5. The fraction of sp³-hybridized carbons (Fsp3) is 0.444. The number of nitrogens with two attached hydrogens (primary N) is 2. The molecule has 0 bridgehead atoms. The van der Waals surface area contributed by atoms with Crippen molar-refractivity contribution in [3.8, 4) is 0 Å². The fourth-order valence-electron chi connectivity index (χ4n) is 1.54. The van der Waals surface area contributed by atoms with Gasteiger partial charge in [0.25, 0.3) is 5.56 Å². The highest BCUT2D eigenvalue weighted by molar-refractivity contribution is 8.13. The Morgan fingerprint density at radius 2 is 2.35 bits per heavy atom. The summed E-state index contributed by atoms with van der Waals surface area (Å²) >= 11 is 1.16. The summed E-state index contributed by atoms with van der Waals surface area (Å²) < 4.78 is 0. The van der Waals surface area contributed by atoms with E-state index in [0.717, 1.165) is 11.8 Å². The molecule has 6 N–H and O–H groups in total. The number of hydrogen-bond donors (Lipinski definition) is 4. The minimum atomic E-state index is -0.502. The summed E-state index contributed by atoms with van der Waals surface area (Å²) in [4.78, 5) is 21.9. The first-order valence-electron chi connectivity index (χ1n) is 5.08. The molecule has 0 amide bonds. The van der Waals surface area contributed by atoms with Crippen molar-refractivity contribution in [2.45, 2.75) is 30.3 Å². The predicted molar refractivity (Wildman–Crippen MR) is 65.8 cm³/mol. The molecule has 2 rings (SSSR count). The van der Waals surface area contributed by atoms with Crippen molar-refractivity contribution in [1.82, 2.24) is 9.97 Å². The van der Waals surface area contributed by atoms with Crippen LogP contribution < -0.4 is 17.0 Å². The van der Waals surface area contributed by atoms with Gasteiger partial charge in [0.05, 0.1) is 11.1 Å². The van der Waals surface area contributed by atoms with Crippen LogP contribution in [-0.4, -0.2) is 32.4 Å². The Hall–Kier alpha value is -1.38. The summed E-state index contributed by atoms with van der Waals surface area (Å²) in [5.41, 5.74) is 10.8. The molecule has 1 aliphatic rings. The van der Waals surface area contributed by atoms with Gasteiger partial charge in [0.2, 0.25) is 0 Å². The third kappa shape index (κ3) is 3.29. The fourth-order valence-corrected chi connectivity index (χ4v) is 2.52. The molecule has 0 saturated carbocycles. The highest BCUT2D eigenvalue weighted by Gasteiger charge is 2.20. The molecule has 1 aromatic heterocycles. The van der Waals surface area contributed by atoms with Crippen LogP contribution >= 0.6 is 11.8 Å². The number of H-pyrrole nitrogens is 1. The lowest BCUT2D eigenvalue weighted by Gasteiger charge is -2.20. The zero-order valence-corrected chi connectivity index (χ0v) is 9.78. The van der Waals surface area contributed by atoms with E-state index in [0.29, 0.717) is 23.0 Å². The number of nitrogen functional groups attached to an aromatic ring is 1. The molecule has 8 heteroatoms. The number of nitrogens with one attached hydrogen (secondary N) is 1. The van der Waals surface area contributed by atoms with Crippen LogP contribution in [0.25, 0.3) is 0 Å². The number of aromatic nitrogens is 2. The summed E-state index contributed by atoms with van der Waals surface area (Å²) in [6.45, 7) is 0. The predicted octanol–water partition coefficient (Wildman–Crippen LogP) is -0.718. The monoisotopic (exact) mass is 255 g/mol. The lowest BCUT2D eigenvalue weighted by Crippen LogP contribution is -2.31. The van der Waals surface area contributed by atoms with E-state index in [4.69, 9.17) is 11.5 Å². The summed E-state index contributed by atoms with van der Waals surface area (Å²) in [6.07, 6.45) is -0.0474. The van der Waals surface area contributed by atoms with Crippen LogP contribution in [0.4, 0.5) is 5.82 Å². The van der Waals surface area contributed by atoms with Crippen molar-refractivity contribution in [1.29, 1.82) is 0 Å². The number of aromatic amines is 1. The van der Waals surface area contributed by atoms with Gasteiger partial charge in [-0.15, -0.1) is 0 Å². The van der Waals surface area contributed by atoms with Gasteiger partial charge in [-0.3, -0.25) is 9.79 Å². The summed E-state index contributed by atoms with van der Waals surface area (Å²) in [6, 6.07) is 1.20. The Bertz CT molecular complexity index is 500. The number of thioether (sulfide) groups is 1. The van der Waals surface area contributed by atoms with E-state index >= 15 is 0 Å². The molecule has 2 atom stereocenters. The Morgan fingerprint density at radius 3 is 3.00 bits per heavy atom. The van der Waals surface area contributed by atoms with Crippen molar-refractivity contribution >= 4 is 22.6 Å². The van der Waals surface area contributed by atoms with E-state index in [1.54, 1.807) is 0 Å². The number of aliphatic hydroxyl groups excluding tert-OH is 1. The maximum absolute atomic E-state index is 11.2. The van der Waals surface area contributed by atoms with Crippen LogP contribution in [0.5, 0.6) is 0 Å². The molecule has 0 radical (unpaired) electrons. The highest BCUT2D eigenvalue weighted by atomic mass is 32.2. The molecule has 0 aliphatic carbocycles. The maximum atomic E-state index is 11.2. The smallest absolute Gasteiger partial charge is 0.253 e. The molecular formula is C9H13N5O2S. The molecule has 0 unspecified atom stereocenters.